The van der Waals surface area contributed by atoms with Crippen LogP contribution in [0.1, 0.15) is 47.2 Å². The molecular weight excluding hydrogens is 366 g/mol. The second-order valence-corrected chi connectivity index (χ2v) is 7.23. The summed E-state index contributed by atoms with van der Waals surface area (Å²) in [6, 6.07) is 15.4. The van der Waals surface area contributed by atoms with Crippen molar-refractivity contribution in [1.29, 1.82) is 0 Å². The van der Waals surface area contributed by atoms with E-state index in [1.165, 1.54) is 0 Å². The maximum Gasteiger partial charge on any atom is 0.317 e. The quantitative estimate of drug-likeness (QED) is 0.786. The first-order chi connectivity index (χ1) is 14.1. The molecule has 1 unspecified atom stereocenters. The molecule has 0 spiro atoms. The minimum atomic E-state index is -0.0975. The number of hydrogen-bond donors (Lipinski definition) is 2. The van der Waals surface area contributed by atoms with Crippen molar-refractivity contribution < 1.29 is 14.3 Å². The van der Waals surface area contributed by atoms with Crippen molar-refractivity contribution in [2.45, 2.75) is 32.2 Å². The van der Waals surface area contributed by atoms with Gasteiger partial charge in [-0.2, -0.15) is 0 Å². The summed E-state index contributed by atoms with van der Waals surface area (Å²) in [5.74, 6) is 0.980. The highest BCUT2D eigenvalue weighted by molar-refractivity contribution is 5.94. The number of ether oxygens (including phenoxy) is 1. The number of benzene rings is 2. The largest absolute Gasteiger partial charge is 0.494 e. The first-order valence-electron chi connectivity index (χ1n) is 10.2. The van der Waals surface area contributed by atoms with E-state index in [1.54, 1.807) is 7.05 Å². The van der Waals surface area contributed by atoms with Crippen molar-refractivity contribution in [2.75, 3.05) is 26.7 Å². The number of piperidine rings is 1. The third-order valence-electron chi connectivity index (χ3n) is 5.23. The predicted octanol–water partition coefficient (Wildman–Crippen LogP) is 3.53. The van der Waals surface area contributed by atoms with Crippen LogP contribution in [0.4, 0.5) is 4.79 Å². The third-order valence-corrected chi connectivity index (χ3v) is 5.23. The van der Waals surface area contributed by atoms with Crippen LogP contribution < -0.4 is 15.4 Å². The molecular formula is C23H29N3O3. The van der Waals surface area contributed by atoms with Crippen LogP contribution in [0, 0.1) is 0 Å². The van der Waals surface area contributed by atoms with Gasteiger partial charge in [0.25, 0.3) is 5.91 Å². The molecule has 0 saturated carbocycles. The van der Waals surface area contributed by atoms with Crippen LogP contribution >= 0.6 is 0 Å². The first kappa shape index (κ1) is 20.7. The molecule has 0 aromatic heterocycles. The molecule has 0 aliphatic carbocycles. The minimum absolute atomic E-state index is 0.0426. The van der Waals surface area contributed by atoms with E-state index >= 15 is 0 Å². The normalized spacial score (nSPS) is 16.2. The lowest BCUT2D eigenvalue weighted by Crippen LogP contribution is -2.43. The van der Waals surface area contributed by atoms with E-state index in [-0.39, 0.29) is 17.9 Å². The number of carbonyl (C=O) groups excluding carboxylic acids is 2. The van der Waals surface area contributed by atoms with Gasteiger partial charge < -0.3 is 20.3 Å². The number of urea groups is 1. The van der Waals surface area contributed by atoms with Gasteiger partial charge in [0.1, 0.15) is 5.75 Å². The zero-order valence-electron chi connectivity index (χ0n) is 17.1. The van der Waals surface area contributed by atoms with Gasteiger partial charge >= 0.3 is 6.03 Å². The Hall–Kier alpha value is -3.02. The smallest absolute Gasteiger partial charge is 0.317 e. The molecule has 2 aromatic rings. The number of nitrogens with one attached hydrogen (secondary N) is 2. The van der Waals surface area contributed by atoms with Crippen molar-refractivity contribution in [2.24, 2.45) is 0 Å². The number of amides is 3. The molecule has 2 aromatic carbocycles. The molecule has 154 valence electrons. The average Bonchev–Trinajstić information content (AvgIpc) is 2.78. The van der Waals surface area contributed by atoms with Gasteiger partial charge in [0.05, 0.1) is 6.61 Å². The lowest BCUT2D eigenvalue weighted by molar-refractivity contribution is 0.0950. The average molecular weight is 396 g/mol. The fraction of sp³-hybridized carbons (Fsp3) is 0.391. The maximum atomic E-state index is 12.6. The molecule has 1 aliphatic heterocycles. The summed E-state index contributed by atoms with van der Waals surface area (Å²) in [5.41, 5.74) is 2.77. The van der Waals surface area contributed by atoms with Crippen LogP contribution in [0.25, 0.3) is 0 Å². The van der Waals surface area contributed by atoms with Gasteiger partial charge in [0.2, 0.25) is 0 Å². The second kappa shape index (κ2) is 9.96. The second-order valence-electron chi connectivity index (χ2n) is 7.23. The molecule has 0 bridgehead atoms. The molecule has 2 N–H and O–H groups in total. The molecule has 6 heteroatoms. The first-order valence-corrected chi connectivity index (χ1v) is 10.2. The summed E-state index contributed by atoms with van der Waals surface area (Å²) in [4.78, 5) is 26.4. The molecule has 29 heavy (non-hydrogen) atoms. The standard InChI is InChI=1S/C23H29N3O3/c1-3-29-21-11-9-17(10-12-21)15-25-22(27)19-7-4-6-18(14-19)20-8-5-13-26(16-20)23(28)24-2/h4,6-7,9-12,14,20H,3,5,8,13,15-16H2,1-2H3,(H,24,28)(H,25,27). The Morgan fingerprint density at radius 2 is 1.97 bits per heavy atom. The van der Waals surface area contributed by atoms with Crippen molar-refractivity contribution in [3.05, 3.63) is 65.2 Å². The predicted molar refractivity (Wildman–Crippen MR) is 113 cm³/mol. The van der Waals surface area contributed by atoms with Crippen LogP contribution in [0.3, 0.4) is 0 Å². The van der Waals surface area contributed by atoms with Gasteiger partial charge in [-0.1, -0.05) is 24.3 Å². The van der Waals surface area contributed by atoms with Gasteiger partial charge in [-0.05, 0) is 55.2 Å². The molecule has 1 heterocycles. The number of likely N-dealkylation sites (tertiary alicyclic amines) is 1. The van der Waals surface area contributed by atoms with E-state index in [9.17, 15) is 9.59 Å². The maximum absolute atomic E-state index is 12.6. The van der Waals surface area contributed by atoms with E-state index in [0.29, 0.717) is 25.3 Å². The summed E-state index contributed by atoms with van der Waals surface area (Å²) in [6.45, 7) is 4.50. The Kier molecular flexibility index (Phi) is 7.11. The SMILES string of the molecule is CCOc1ccc(CNC(=O)c2cccc(C3CCCN(C(=O)NC)C3)c2)cc1. The van der Waals surface area contributed by atoms with Gasteiger partial charge in [-0.25, -0.2) is 4.79 Å². The fourth-order valence-corrected chi connectivity index (χ4v) is 3.68. The topological polar surface area (TPSA) is 70.7 Å². The van der Waals surface area contributed by atoms with E-state index in [4.69, 9.17) is 4.74 Å². The van der Waals surface area contributed by atoms with Crippen molar-refractivity contribution in [3.8, 4) is 5.75 Å². The number of rotatable bonds is 6. The van der Waals surface area contributed by atoms with Gasteiger partial charge in [-0.3, -0.25) is 4.79 Å². The third kappa shape index (κ3) is 5.50. The number of nitrogens with zero attached hydrogens (tertiary/aromatic N) is 1. The Morgan fingerprint density at radius 3 is 2.69 bits per heavy atom. The molecule has 1 fully saturated rings. The summed E-state index contributed by atoms with van der Waals surface area (Å²) < 4.78 is 5.44. The minimum Gasteiger partial charge on any atom is -0.494 e. The van der Waals surface area contributed by atoms with Crippen molar-refractivity contribution in [1.82, 2.24) is 15.5 Å². The van der Waals surface area contributed by atoms with E-state index < -0.39 is 0 Å². The molecule has 0 radical (unpaired) electrons. The van der Waals surface area contributed by atoms with E-state index in [2.05, 4.69) is 10.6 Å². The fourth-order valence-electron chi connectivity index (χ4n) is 3.68. The van der Waals surface area contributed by atoms with Gasteiger partial charge in [0, 0.05) is 38.2 Å². The van der Waals surface area contributed by atoms with Crippen molar-refractivity contribution >= 4 is 11.9 Å². The molecule has 6 nitrogen and oxygen atoms in total. The van der Waals surface area contributed by atoms with E-state index in [0.717, 1.165) is 36.3 Å². The monoisotopic (exact) mass is 395 g/mol. The zero-order chi connectivity index (χ0) is 20.6. The molecule has 3 rings (SSSR count). The lowest BCUT2D eigenvalue weighted by atomic mass is 9.89. The van der Waals surface area contributed by atoms with Crippen LogP contribution in [0.2, 0.25) is 0 Å². The summed E-state index contributed by atoms with van der Waals surface area (Å²) in [5, 5.41) is 5.67. The zero-order valence-corrected chi connectivity index (χ0v) is 17.1. The summed E-state index contributed by atoms with van der Waals surface area (Å²) in [6.07, 6.45) is 1.98. The van der Waals surface area contributed by atoms with Crippen LogP contribution in [0.15, 0.2) is 48.5 Å². The molecule has 1 aliphatic rings. The highest BCUT2D eigenvalue weighted by Gasteiger charge is 2.24. The summed E-state index contributed by atoms with van der Waals surface area (Å²) >= 11 is 0. The molecule has 3 amide bonds. The van der Waals surface area contributed by atoms with Gasteiger partial charge in [0.15, 0.2) is 0 Å². The molecule has 1 atom stereocenters. The Bertz CT molecular complexity index is 836. The highest BCUT2D eigenvalue weighted by Crippen LogP contribution is 2.27. The lowest BCUT2D eigenvalue weighted by Gasteiger charge is -2.32. The van der Waals surface area contributed by atoms with Gasteiger partial charge in [-0.15, -0.1) is 0 Å². The van der Waals surface area contributed by atoms with Crippen LogP contribution in [-0.4, -0.2) is 43.6 Å². The van der Waals surface area contributed by atoms with Crippen molar-refractivity contribution in [3.63, 3.8) is 0 Å². The number of hydrogen-bond acceptors (Lipinski definition) is 3. The number of carbonyl (C=O) groups is 2. The highest BCUT2D eigenvalue weighted by atomic mass is 16.5. The van der Waals surface area contributed by atoms with Crippen LogP contribution in [0.5, 0.6) is 5.75 Å². The molecule has 1 saturated heterocycles. The Labute approximate surface area is 172 Å². The Balaban J connectivity index is 1.61. The Morgan fingerprint density at radius 1 is 1.17 bits per heavy atom. The summed E-state index contributed by atoms with van der Waals surface area (Å²) in [7, 11) is 1.65. The van der Waals surface area contributed by atoms with E-state index in [1.807, 2.05) is 60.4 Å². The van der Waals surface area contributed by atoms with Crippen LogP contribution in [-0.2, 0) is 6.54 Å².